The second-order valence-corrected chi connectivity index (χ2v) is 5.66. The maximum atomic E-state index is 12.3. The van der Waals surface area contributed by atoms with Gasteiger partial charge in [-0.3, -0.25) is 4.79 Å². The highest BCUT2D eigenvalue weighted by atomic mass is 16.5. The molecule has 1 atom stereocenters. The minimum absolute atomic E-state index is 0.0610. The molecule has 2 saturated heterocycles. The molecule has 2 aliphatic rings. The molecule has 7 heteroatoms. The molecule has 3 heterocycles. The van der Waals surface area contributed by atoms with Gasteiger partial charge in [0.05, 0.1) is 18.8 Å². The van der Waals surface area contributed by atoms with Crippen LogP contribution in [0.4, 0.5) is 0 Å². The van der Waals surface area contributed by atoms with Crippen LogP contribution >= 0.6 is 0 Å². The number of nitrogens with zero attached hydrogens (tertiary/aromatic N) is 4. The van der Waals surface area contributed by atoms with Gasteiger partial charge < -0.3 is 15.0 Å². The van der Waals surface area contributed by atoms with E-state index in [1.807, 2.05) is 7.05 Å². The average molecular weight is 279 g/mol. The molecule has 1 aromatic heterocycles. The molecule has 1 amide bonds. The molecule has 2 fully saturated rings. The number of ether oxygens (including phenoxy) is 1. The molecule has 0 bridgehead atoms. The van der Waals surface area contributed by atoms with Crippen LogP contribution in [0.5, 0.6) is 0 Å². The van der Waals surface area contributed by atoms with Gasteiger partial charge in [0.15, 0.2) is 5.69 Å². The number of rotatable bonds is 4. The predicted octanol–water partition coefficient (Wildman–Crippen LogP) is -0.0790. The molecule has 1 unspecified atom stereocenters. The topological polar surface area (TPSA) is 72.3 Å². The largest absolute Gasteiger partial charge is 0.381 e. The molecule has 7 nitrogen and oxygen atoms in total. The zero-order valence-corrected chi connectivity index (χ0v) is 11.8. The van der Waals surface area contributed by atoms with Gasteiger partial charge in [-0.2, -0.15) is 0 Å². The molecule has 110 valence electrons. The number of hydrogen-bond acceptors (Lipinski definition) is 5. The summed E-state index contributed by atoms with van der Waals surface area (Å²) in [6, 6.07) is 0.334. The summed E-state index contributed by atoms with van der Waals surface area (Å²) in [7, 11) is 1.82. The van der Waals surface area contributed by atoms with Gasteiger partial charge in [0.1, 0.15) is 0 Å². The number of nitrogens with one attached hydrogen (secondary N) is 1. The van der Waals surface area contributed by atoms with Crippen LogP contribution in [0.25, 0.3) is 0 Å². The fourth-order valence-electron chi connectivity index (χ4n) is 2.63. The van der Waals surface area contributed by atoms with Crippen molar-refractivity contribution < 1.29 is 9.53 Å². The van der Waals surface area contributed by atoms with Crippen molar-refractivity contribution in [2.75, 3.05) is 39.9 Å². The molecule has 3 rings (SSSR count). The minimum atomic E-state index is -0.0610. The maximum absolute atomic E-state index is 12.3. The van der Waals surface area contributed by atoms with Gasteiger partial charge in [-0.25, -0.2) is 4.68 Å². The Morgan fingerprint density at radius 3 is 3.10 bits per heavy atom. The van der Waals surface area contributed by atoms with Crippen molar-refractivity contribution in [3.8, 4) is 0 Å². The molecular formula is C13H21N5O2. The lowest BCUT2D eigenvalue weighted by Crippen LogP contribution is -2.43. The molecule has 0 aliphatic carbocycles. The predicted molar refractivity (Wildman–Crippen MR) is 72.4 cm³/mol. The smallest absolute Gasteiger partial charge is 0.275 e. The lowest BCUT2D eigenvalue weighted by molar-refractivity contribution is 0.0387. The van der Waals surface area contributed by atoms with Crippen molar-refractivity contribution in [1.82, 2.24) is 25.2 Å². The Hall–Kier alpha value is -1.47. The van der Waals surface area contributed by atoms with Crippen LogP contribution in [0.3, 0.4) is 0 Å². The van der Waals surface area contributed by atoms with Gasteiger partial charge in [-0.15, -0.1) is 5.10 Å². The van der Waals surface area contributed by atoms with E-state index in [0.717, 1.165) is 45.7 Å². The van der Waals surface area contributed by atoms with Crippen molar-refractivity contribution in [2.45, 2.75) is 18.9 Å². The van der Waals surface area contributed by atoms with Gasteiger partial charge in [-0.05, 0) is 18.8 Å². The Balaban J connectivity index is 1.57. The van der Waals surface area contributed by atoms with Crippen LogP contribution in [-0.4, -0.2) is 65.7 Å². The number of amides is 1. The average Bonchev–Trinajstić information content (AvgIpc) is 2.86. The van der Waals surface area contributed by atoms with E-state index in [1.165, 1.54) is 0 Å². The van der Waals surface area contributed by atoms with Crippen LogP contribution in [0.2, 0.25) is 0 Å². The molecule has 20 heavy (non-hydrogen) atoms. The quantitative estimate of drug-likeness (QED) is 0.834. The highest BCUT2D eigenvalue weighted by Gasteiger charge is 2.24. The molecule has 2 aliphatic heterocycles. The highest BCUT2D eigenvalue weighted by Crippen LogP contribution is 2.16. The Labute approximate surface area is 118 Å². The van der Waals surface area contributed by atoms with Crippen molar-refractivity contribution in [3.05, 3.63) is 11.9 Å². The molecule has 0 aromatic carbocycles. The van der Waals surface area contributed by atoms with E-state index in [-0.39, 0.29) is 5.91 Å². The first-order chi connectivity index (χ1) is 9.74. The lowest BCUT2D eigenvalue weighted by atomic mass is 10.0. The van der Waals surface area contributed by atoms with Crippen LogP contribution < -0.4 is 5.32 Å². The number of carbonyl (C=O) groups is 1. The summed E-state index contributed by atoms with van der Waals surface area (Å²) in [4.78, 5) is 14.0. The van der Waals surface area contributed by atoms with Crippen molar-refractivity contribution >= 4 is 5.91 Å². The Morgan fingerprint density at radius 2 is 2.45 bits per heavy atom. The van der Waals surface area contributed by atoms with E-state index in [2.05, 4.69) is 15.6 Å². The summed E-state index contributed by atoms with van der Waals surface area (Å²) in [5.41, 5.74) is 0.427. The SMILES string of the molecule is CN(CC1CCCOC1)C(=O)c1cn(C2CNC2)nn1. The third-order valence-corrected chi connectivity index (χ3v) is 4.00. The fraction of sp³-hybridized carbons (Fsp3) is 0.769. The summed E-state index contributed by atoms with van der Waals surface area (Å²) in [6.07, 6.45) is 3.96. The third kappa shape index (κ3) is 2.83. The Morgan fingerprint density at radius 1 is 1.60 bits per heavy atom. The fourth-order valence-corrected chi connectivity index (χ4v) is 2.63. The monoisotopic (exact) mass is 279 g/mol. The van der Waals surface area contributed by atoms with Crippen molar-refractivity contribution in [2.24, 2.45) is 5.92 Å². The van der Waals surface area contributed by atoms with Crippen LogP contribution in [0, 0.1) is 5.92 Å². The van der Waals surface area contributed by atoms with Gasteiger partial charge in [0.25, 0.3) is 5.91 Å². The normalized spacial score (nSPS) is 23.4. The van der Waals surface area contributed by atoms with Gasteiger partial charge >= 0.3 is 0 Å². The van der Waals surface area contributed by atoms with Crippen molar-refractivity contribution in [1.29, 1.82) is 0 Å². The molecule has 1 N–H and O–H groups in total. The molecule has 0 saturated carbocycles. The van der Waals surface area contributed by atoms with Gasteiger partial charge in [0, 0.05) is 33.3 Å². The second kappa shape index (κ2) is 5.88. The summed E-state index contributed by atoms with van der Waals surface area (Å²) in [6.45, 7) is 4.10. The highest BCUT2D eigenvalue weighted by molar-refractivity contribution is 5.91. The zero-order valence-electron chi connectivity index (χ0n) is 11.8. The van der Waals surface area contributed by atoms with Crippen LogP contribution in [0.1, 0.15) is 29.4 Å². The zero-order chi connectivity index (χ0) is 13.9. The molecule has 0 radical (unpaired) electrons. The van der Waals surface area contributed by atoms with Crippen LogP contribution in [-0.2, 0) is 4.74 Å². The summed E-state index contributed by atoms with van der Waals surface area (Å²) >= 11 is 0. The Kier molecular flexibility index (Phi) is 3.98. The van der Waals surface area contributed by atoms with Crippen molar-refractivity contribution in [3.63, 3.8) is 0 Å². The maximum Gasteiger partial charge on any atom is 0.275 e. The van der Waals surface area contributed by atoms with Gasteiger partial charge in [0.2, 0.25) is 0 Å². The van der Waals surface area contributed by atoms with E-state index in [0.29, 0.717) is 17.7 Å². The number of hydrogen-bond donors (Lipinski definition) is 1. The Bertz CT molecular complexity index is 465. The molecule has 1 aromatic rings. The van der Waals surface area contributed by atoms with E-state index in [1.54, 1.807) is 15.8 Å². The van der Waals surface area contributed by atoms with Crippen LogP contribution in [0.15, 0.2) is 6.20 Å². The first-order valence-corrected chi connectivity index (χ1v) is 7.20. The standard InChI is InChI=1S/C13H21N5O2/c1-17(7-10-3-2-4-20-9-10)13(19)12-8-18(16-15-12)11-5-14-6-11/h8,10-11,14H,2-7,9H2,1H3. The number of carbonyl (C=O) groups excluding carboxylic acids is 1. The van der Waals surface area contributed by atoms with E-state index >= 15 is 0 Å². The summed E-state index contributed by atoms with van der Waals surface area (Å²) in [5.74, 6) is 0.373. The lowest BCUT2D eigenvalue weighted by Gasteiger charge is -2.27. The third-order valence-electron chi connectivity index (χ3n) is 4.00. The summed E-state index contributed by atoms with van der Waals surface area (Å²) < 4.78 is 7.23. The van der Waals surface area contributed by atoms with E-state index in [4.69, 9.17) is 4.74 Å². The minimum Gasteiger partial charge on any atom is -0.381 e. The van der Waals surface area contributed by atoms with Gasteiger partial charge in [-0.1, -0.05) is 5.21 Å². The number of aromatic nitrogens is 3. The second-order valence-electron chi connectivity index (χ2n) is 5.66. The first kappa shape index (κ1) is 13.5. The summed E-state index contributed by atoms with van der Waals surface area (Å²) in [5, 5.41) is 11.2. The molecule has 0 spiro atoms. The van der Waals surface area contributed by atoms with E-state index in [9.17, 15) is 4.79 Å². The van der Waals surface area contributed by atoms with E-state index < -0.39 is 0 Å². The first-order valence-electron chi connectivity index (χ1n) is 7.20. The molecular weight excluding hydrogens is 258 g/mol.